The molecule has 0 radical (unpaired) electrons. The van der Waals surface area contributed by atoms with Crippen molar-refractivity contribution >= 4 is 22.9 Å². The lowest BCUT2D eigenvalue weighted by Gasteiger charge is -2.16. The van der Waals surface area contributed by atoms with Crippen LogP contribution in [0.15, 0.2) is 11.4 Å². The molecule has 0 saturated heterocycles. The third kappa shape index (κ3) is 4.38. The average molecular weight is 259 g/mol. The van der Waals surface area contributed by atoms with Crippen LogP contribution in [-0.4, -0.2) is 19.3 Å². The summed E-state index contributed by atoms with van der Waals surface area (Å²) in [6.07, 6.45) is -4.23. The fourth-order valence-electron chi connectivity index (χ4n) is 1.05. The van der Waals surface area contributed by atoms with E-state index in [0.717, 1.165) is 0 Å². The molecule has 1 heterocycles. The second kappa shape index (κ2) is 5.16. The van der Waals surface area contributed by atoms with Crippen LogP contribution in [0.2, 0.25) is 5.02 Å². The summed E-state index contributed by atoms with van der Waals surface area (Å²) in [6.45, 7) is -0.947. The third-order valence-corrected chi connectivity index (χ3v) is 3.11. The summed E-state index contributed by atoms with van der Waals surface area (Å²) < 4.78 is 35.8. The van der Waals surface area contributed by atoms with Gasteiger partial charge in [0.25, 0.3) is 0 Å². The number of nitrogens with one attached hydrogen (secondary N) is 1. The smallest absolute Gasteiger partial charge is 0.329 e. The number of hydrogen-bond donors (Lipinski definition) is 2. The van der Waals surface area contributed by atoms with E-state index in [9.17, 15) is 13.2 Å². The number of alkyl halides is 3. The molecule has 0 aliphatic heterocycles. The second-order valence-corrected chi connectivity index (χ2v) is 4.33. The summed E-state index contributed by atoms with van der Waals surface area (Å²) in [5.41, 5.74) is 5.38. The summed E-state index contributed by atoms with van der Waals surface area (Å²) in [6, 6.07) is 1.12. The molecule has 0 amide bonds. The van der Waals surface area contributed by atoms with Crippen LogP contribution in [0.1, 0.15) is 10.9 Å². The van der Waals surface area contributed by atoms with Crippen LogP contribution in [0, 0.1) is 0 Å². The van der Waals surface area contributed by atoms with Gasteiger partial charge in [-0.2, -0.15) is 13.2 Å². The van der Waals surface area contributed by atoms with E-state index in [-0.39, 0.29) is 6.54 Å². The Labute approximate surface area is 94.2 Å². The van der Waals surface area contributed by atoms with Crippen molar-refractivity contribution in [1.29, 1.82) is 0 Å². The van der Waals surface area contributed by atoms with Gasteiger partial charge < -0.3 is 5.73 Å². The predicted molar refractivity (Wildman–Crippen MR) is 55.2 cm³/mol. The number of thiophene rings is 1. The third-order valence-electron chi connectivity index (χ3n) is 1.72. The van der Waals surface area contributed by atoms with E-state index in [1.54, 1.807) is 11.4 Å². The molecule has 0 aliphatic carbocycles. The molecule has 1 aromatic rings. The van der Waals surface area contributed by atoms with Crippen molar-refractivity contribution in [2.45, 2.75) is 12.2 Å². The molecular weight excluding hydrogens is 249 g/mol. The Hall–Kier alpha value is -0.300. The molecule has 86 valence electrons. The minimum absolute atomic E-state index is 0.104. The fourth-order valence-corrected chi connectivity index (χ4v) is 2.22. The molecule has 1 atom stereocenters. The van der Waals surface area contributed by atoms with E-state index < -0.39 is 18.8 Å². The van der Waals surface area contributed by atoms with Gasteiger partial charge in [0.2, 0.25) is 0 Å². The largest absolute Gasteiger partial charge is 0.401 e. The monoisotopic (exact) mass is 258 g/mol. The number of halogens is 4. The van der Waals surface area contributed by atoms with Crippen LogP contribution in [0.4, 0.5) is 13.2 Å². The highest BCUT2D eigenvalue weighted by molar-refractivity contribution is 7.10. The van der Waals surface area contributed by atoms with Gasteiger partial charge in [0, 0.05) is 16.8 Å². The molecule has 0 aliphatic rings. The topological polar surface area (TPSA) is 38.0 Å². The van der Waals surface area contributed by atoms with Gasteiger partial charge in [0.05, 0.1) is 17.6 Å². The van der Waals surface area contributed by atoms with Gasteiger partial charge in [0.1, 0.15) is 0 Å². The van der Waals surface area contributed by atoms with Crippen LogP contribution >= 0.6 is 22.9 Å². The van der Waals surface area contributed by atoms with Crippen LogP contribution < -0.4 is 11.1 Å². The molecule has 1 unspecified atom stereocenters. The molecule has 0 spiro atoms. The van der Waals surface area contributed by atoms with E-state index in [0.29, 0.717) is 9.90 Å². The Kier molecular flexibility index (Phi) is 4.39. The molecule has 0 bridgehead atoms. The Balaban J connectivity index is 2.57. The minimum Gasteiger partial charge on any atom is -0.329 e. The molecule has 3 N–H and O–H groups in total. The maximum absolute atomic E-state index is 11.9. The first-order valence-electron chi connectivity index (χ1n) is 4.16. The van der Waals surface area contributed by atoms with E-state index in [2.05, 4.69) is 5.32 Å². The summed E-state index contributed by atoms with van der Waals surface area (Å²) in [7, 11) is 0. The predicted octanol–water partition coefficient (Wildman–Crippen LogP) is 2.55. The Morgan fingerprint density at radius 3 is 2.60 bits per heavy atom. The Bertz CT molecular complexity index is 313. The van der Waals surface area contributed by atoms with Crippen molar-refractivity contribution < 1.29 is 13.2 Å². The first-order valence-corrected chi connectivity index (χ1v) is 5.42. The number of hydrogen-bond acceptors (Lipinski definition) is 3. The standard InChI is InChI=1S/C8H10ClF3N2S/c9-5-1-7(15-3-5)6(2-13)14-4-8(10,11)12/h1,3,6,14H,2,4,13H2. The van der Waals surface area contributed by atoms with Crippen LogP contribution in [0.3, 0.4) is 0 Å². The van der Waals surface area contributed by atoms with Crippen molar-refractivity contribution in [3.63, 3.8) is 0 Å². The average Bonchev–Trinajstić information content (AvgIpc) is 2.51. The lowest BCUT2D eigenvalue weighted by molar-refractivity contribution is -0.126. The number of nitrogens with two attached hydrogens (primary N) is 1. The number of rotatable bonds is 4. The Morgan fingerprint density at radius 1 is 1.53 bits per heavy atom. The zero-order valence-electron chi connectivity index (χ0n) is 7.64. The van der Waals surface area contributed by atoms with Crippen molar-refractivity contribution in [2.75, 3.05) is 13.1 Å². The molecule has 15 heavy (non-hydrogen) atoms. The van der Waals surface area contributed by atoms with Crippen LogP contribution in [0.5, 0.6) is 0 Å². The van der Waals surface area contributed by atoms with Gasteiger partial charge in [-0.3, -0.25) is 5.32 Å². The normalized spacial score (nSPS) is 14.2. The van der Waals surface area contributed by atoms with E-state index >= 15 is 0 Å². The van der Waals surface area contributed by atoms with Crippen molar-refractivity contribution in [3.8, 4) is 0 Å². The highest BCUT2D eigenvalue weighted by Crippen LogP contribution is 2.25. The quantitative estimate of drug-likeness (QED) is 0.871. The molecule has 7 heteroatoms. The molecule has 1 aromatic heterocycles. The Morgan fingerprint density at radius 2 is 2.20 bits per heavy atom. The van der Waals surface area contributed by atoms with E-state index in [4.69, 9.17) is 17.3 Å². The summed E-state index contributed by atoms with van der Waals surface area (Å²) in [5, 5.41) is 4.52. The molecule has 0 fully saturated rings. The highest BCUT2D eigenvalue weighted by Gasteiger charge is 2.28. The van der Waals surface area contributed by atoms with Gasteiger partial charge >= 0.3 is 6.18 Å². The van der Waals surface area contributed by atoms with Crippen LogP contribution in [-0.2, 0) is 0 Å². The lowest BCUT2D eigenvalue weighted by atomic mass is 10.2. The lowest BCUT2D eigenvalue weighted by Crippen LogP contribution is -2.35. The van der Waals surface area contributed by atoms with Gasteiger partial charge in [-0.15, -0.1) is 11.3 Å². The molecular formula is C8H10ClF3N2S. The van der Waals surface area contributed by atoms with Crippen molar-refractivity contribution in [3.05, 3.63) is 21.3 Å². The van der Waals surface area contributed by atoms with Crippen molar-refractivity contribution in [1.82, 2.24) is 5.32 Å². The first kappa shape index (κ1) is 12.8. The highest BCUT2D eigenvalue weighted by atomic mass is 35.5. The molecule has 0 aromatic carbocycles. The van der Waals surface area contributed by atoms with E-state index in [1.807, 2.05) is 0 Å². The second-order valence-electron chi connectivity index (χ2n) is 2.95. The van der Waals surface area contributed by atoms with E-state index in [1.165, 1.54) is 11.3 Å². The van der Waals surface area contributed by atoms with Crippen LogP contribution in [0.25, 0.3) is 0 Å². The zero-order chi connectivity index (χ0) is 11.5. The van der Waals surface area contributed by atoms with Gasteiger partial charge in [0.15, 0.2) is 0 Å². The molecule has 0 saturated carbocycles. The van der Waals surface area contributed by atoms with Gasteiger partial charge in [-0.05, 0) is 6.07 Å². The molecule has 2 nitrogen and oxygen atoms in total. The first-order chi connectivity index (χ1) is 6.92. The maximum atomic E-state index is 11.9. The summed E-state index contributed by atoms with van der Waals surface area (Å²) in [5.74, 6) is 0. The zero-order valence-corrected chi connectivity index (χ0v) is 9.22. The fraction of sp³-hybridized carbons (Fsp3) is 0.500. The van der Waals surface area contributed by atoms with Gasteiger partial charge in [-0.1, -0.05) is 11.6 Å². The SMILES string of the molecule is NCC(NCC(F)(F)F)c1cc(Cl)cs1. The minimum atomic E-state index is -4.23. The van der Waals surface area contributed by atoms with Crippen molar-refractivity contribution in [2.24, 2.45) is 5.73 Å². The van der Waals surface area contributed by atoms with Gasteiger partial charge in [-0.25, -0.2) is 0 Å². The summed E-state index contributed by atoms with van der Waals surface area (Å²) in [4.78, 5) is 0.715. The summed E-state index contributed by atoms with van der Waals surface area (Å²) >= 11 is 6.96. The maximum Gasteiger partial charge on any atom is 0.401 e. The molecule has 1 rings (SSSR count).